The summed E-state index contributed by atoms with van der Waals surface area (Å²) < 4.78 is 0. The largest absolute Gasteiger partial charge is 0.293 e. The molecule has 0 saturated carbocycles. The molecule has 1 amide bonds. The van der Waals surface area contributed by atoms with Crippen molar-refractivity contribution in [3.63, 3.8) is 0 Å². The molecule has 7 heteroatoms. The second kappa shape index (κ2) is 8.93. The zero-order valence-corrected chi connectivity index (χ0v) is 19.0. The van der Waals surface area contributed by atoms with Crippen molar-refractivity contribution < 1.29 is 9.59 Å². The van der Waals surface area contributed by atoms with Crippen LogP contribution in [-0.2, 0) is 20.8 Å². The predicted molar refractivity (Wildman–Crippen MR) is 118 cm³/mol. The predicted octanol–water partition coefficient (Wildman–Crippen LogP) is 6.35. The van der Waals surface area contributed by atoms with Gasteiger partial charge in [-0.15, -0.1) is 28.5 Å². The Kier molecular flexibility index (Phi) is 7.29. The van der Waals surface area contributed by atoms with Crippen LogP contribution in [-0.4, -0.2) is 21.8 Å². The van der Waals surface area contributed by atoms with Crippen molar-refractivity contribution in [3.8, 4) is 0 Å². The highest BCUT2D eigenvalue weighted by Gasteiger charge is 2.24. The van der Waals surface area contributed by atoms with Crippen molar-refractivity contribution in [2.45, 2.75) is 55.9 Å². The standard InChI is InChI=1S/C21H24Cl2N2O2S/c1-20(2,3)15-11-16(22)13(6-7-18(26)21(4,5)23)10-14(15)12-28-17-8-9-24-25-19(17)27/h6-11,17H,12H2,1-5H3/b7-6+. The highest BCUT2D eigenvalue weighted by Crippen LogP contribution is 2.35. The Hall–Kier alpha value is -1.43. The minimum Gasteiger partial charge on any atom is -0.293 e. The molecular weight excluding hydrogens is 415 g/mol. The van der Waals surface area contributed by atoms with Crippen LogP contribution < -0.4 is 0 Å². The molecule has 0 spiro atoms. The summed E-state index contributed by atoms with van der Waals surface area (Å²) in [6.45, 7) is 9.64. The van der Waals surface area contributed by atoms with Gasteiger partial charge < -0.3 is 0 Å². The lowest BCUT2D eigenvalue weighted by atomic mass is 9.83. The molecule has 0 aromatic heterocycles. The topological polar surface area (TPSA) is 58.9 Å². The number of amides is 1. The first-order valence-corrected chi connectivity index (χ1v) is 10.7. The first-order valence-electron chi connectivity index (χ1n) is 8.87. The summed E-state index contributed by atoms with van der Waals surface area (Å²) >= 11 is 14.0. The maximum Gasteiger partial charge on any atom is 0.281 e. The number of halogens is 2. The van der Waals surface area contributed by atoms with E-state index in [1.165, 1.54) is 17.8 Å². The van der Waals surface area contributed by atoms with Gasteiger partial charge in [0.05, 0.1) is 0 Å². The Balaban J connectivity index is 2.34. The van der Waals surface area contributed by atoms with E-state index in [2.05, 4.69) is 31.0 Å². The minimum absolute atomic E-state index is 0.123. The molecule has 0 aliphatic carbocycles. The molecule has 1 aliphatic rings. The van der Waals surface area contributed by atoms with E-state index in [9.17, 15) is 9.59 Å². The zero-order valence-electron chi connectivity index (χ0n) is 16.6. The lowest BCUT2D eigenvalue weighted by molar-refractivity contribution is -0.117. The van der Waals surface area contributed by atoms with Gasteiger partial charge in [-0.05, 0) is 66.3 Å². The summed E-state index contributed by atoms with van der Waals surface area (Å²) in [4.78, 5) is 23.0. The average Bonchev–Trinajstić information content (AvgIpc) is 2.58. The van der Waals surface area contributed by atoms with Gasteiger partial charge in [0.1, 0.15) is 10.1 Å². The number of benzene rings is 1. The lowest BCUT2D eigenvalue weighted by Crippen LogP contribution is -2.22. The number of carbonyl (C=O) groups excluding carboxylic acids is 2. The maximum atomic E-state index is 12.1. The van der Waals surface area contributed by atoms with Crippen LogP contribution in [0.1, 0.15) is 51.3 Å². The van der Waals surface area contributed by atoms with Crippen molar-refractivity contribution in [2.75, 3.05) is 0 Å². The molecule has 1 atom stereocenters. The van der Waals surface area contributed by atoms with E-state index >= 15 is 0 Å². The van der Waals surface area contributed by atoms with Gasteiger partial charge in [0.25, 0.3) is 5.91 Å². The van der Waals surface area contributed by atoms with Crippen LogP contribution in [0.5, 0.6) is 0 Å². The third kappa shape index (κ3) is 6.03. The molecule has 1 aromatic carbocycles. The number of alkyl halides is 1. The van der Waals surface area contributed by atoms with Gasteiger partial charge in [-0.3, -0.25) is 9.59 Å². The van der Waals surface area contributed by atoms with E-state index in [-0.39, 0.29) is 22.4 Å². The highest BCUT2D eigenvalue weighted by molar-refractivity contribution is 8.00. The Bertz CT molecular complexity index is 862. The zero-order chi connectivity index (χ0) is 21.1. The third-order valence-corrected chi connectivity index (χ3v) is 5.89. The fraction of sp³-hybridized carbons (Fsp3) is 0.429. The Morgan fingerprint density at radius 1 is 1.25 bits per heavy atom. The molecular formula is C21H24Cl2N2O2S. The van der Waals surface area contributed by atoms with Gasteiger partial charge in [0.15, 0.2) is 5.78 Å². The number of ketones is 1. The van der Waals surface area contributed by atoms with Crippen LogP contribution in [0.25, 0.3) is 6.08 Å². The quantitative estimate of drug-likeness (QED) is 0.384. The molecule has 0 saturated heterocycles. The van der Waals surface area contributed by atoms with Crippen LogP contribution in [0.3, 0.4) is 0 Å². The highest BCUT2D eigenvalue weighted by atomic mass is 35.5. The van der Waals surface area contributed by atoms with Crippen LogP contribution in [0.4, 0.5) is 0 Å². The molecule has 2 rings (SSSR count). The lowest BCUT2D eigenvalue weighted by Gasteiger charge is -2.24. The summed E-state index contributed by atoms with van der Waals surface area (Å²) in [5.41, 5.74) is 2.77. The molecule has 28 heavy (non-hydrogen) atoms. The molecule has 0 fully saturated rings. The molecule has 1 unspecified atom stereocenters. The first kappa shape index (κ1) is 22.9. The van der Waals surface area contributed by atoms with Gasteiger partial charge in [-0.2, -0.15) is 5.11 Å². The van der Waals surface area contributed by atoms with E-state index in [1.807, 2.05) is 12.1 Å². The second-order valence-corrected chi connectivity index (χ2v) is 10.6. The van der Waals surface area contributed by atoms with Crippen molar-refractivity contribution in [1.82, 2.24) is 0 Å². The fourth-order valence-electron chi connectivity index (χ4n) is 2.60. The van der Waals surface area contributed by atoms with Crippen LogP contribution in [0, 0.1) is 0 Å². The second-order valence-electron chi connectivity index (χ2n) is 8.08. The molecule has 4 nitrogen and oxygen atoms in total. The van der Waals surface area contributed by atoms with Crippen molar-refractivity contribution in [1.29, 1.82) is 0 Å². The number of thioether (sulfide) groups is 1. The third-order valence-electron chi connectivity index (χ3n) is 4.18. The minimum atomic E-state index is -0.963. The van der Waals surface area contributed by atoms with Crippen molar-refractivity contribution >= 4 is 52.7 Å². The number of allylic oxidation sites excluding steroid dienone is 1. The summed E-state index contributed by atoms with van der Waals surface area (Å²) in [5.74, 6) is 0.161. The van der Waals surface area contributed by atoms with E-state index in [1.54, 1.807) is 32.2 Å². The molecule has 1 aliphatic heterocycles. The molecule has 1 heterocycles. The van der Waals surface area contributed by atoms with Crippen LogP contribution in [0.2, 0.25) is 5.02 Å². The number of azo groups is 1. The summed E-state index contributed by atoms with van der Waals surface area (Å²) in [6, 6.07) is 3.91. The van der Waals surface area contributed by atoms with E-state index in [4.69, 9.17) is 23.2 Å². The first-order chi connectivity index (χ1) is 12.9. The monoisotopic (exact) mass is 438 g/mol. The molecule has 0 N–H and O–H groups in total. The summed E-state index contributed by atoms with van der Waals surface area (Å²) in [7, 11) is 0. The van der Waals surface area contributed by atoms with Crippen LogP contribution in [0.15, 0.2) is 40.7 Å². The van der Waals surface area contributed by atoms with Gasteiger partial charge >= 0.3 is 0 Å². The Morgan fingerprint density at radius 2 is 1.93 bits per heavy atom. The number of carbonyl (C=O) groups is 2. The maximum absolute atomic E-state index is 12.1. The smallest absolute Gasteiger partial charge is 0.281 e. The number of hydrogen-bond acceptors (Lipinski definition) is 4. The van der Waals surface area contributed by atoms with Gasteiger partial charge in [0.2, 0.25) is 0 Å². The van der Waals surface area contributed by atoms with Gasteiger partial charge in [0, 0.05) is 17.0 Å². The van der Waals surface area contributed by atoms with Crippen molar-refractivity contribution in [3.05, 3.63) is 52.2 Å². The van der Waals surface area contributed by atoms with Gasteiger partial charge in [-0.1, -0.05) is 32.4 Å². The SMILES string of the molecule is CC(C)(Cl)C(=O)/C=C/c1cc(CSC2C=CN=NC2=O)c(C(C)(C)C)cc1Cl. The summed E-state index contributed by atoms with van der Waals surface area (Å²) in [6.07, 6.45) is 6.43. The normalized spacial score (nSPS) is 17.5. The van der Waals surface area contributed by atoms with E-state index in [0.717, 1.165) is 16.7 Å². The van der Waals surface area contributed by atoms with E-state index in [0.29, 0.717) is 10.8 Å². The molecule has 150 valence electrons. The molecule has 0 radical (unpaired) electrons. The Morgan fingerprint density at radius 3 is 2.50 bits per heavy atom. The van der Waals surface area contributed by atoms with Crippen molar-refractivity contribution in [2.24, 2.45) is 10.2 Å². The number of hydrogen-bond donors (Lipinski definition) is 0. The Labute approximate surface area is 180 Å². The van der Waals surface area contributed by atoms with Gasteiger partial charge in [-0.25, -0.2) is 0 Å². The average molecular weight is 439 g/mol. The number of nitrogens with zero attached hydrogens (tertiary/aromatic N) is 2. The number of rotatable bonds is 6. The molecule has 1 aromatic rings. The molecule has 0 bridgehead atoms. The fourth-order valence-corrected chi connectivity index (χ4v) is 3.86. The summed E-state index contributed by atoms with van der Waals surface area (Å²) in [5, 5.41) is 7.43. The van der Waals surface area contributed by atoms with E-state index < -0.39 is 4.87 Å². The van der Waals surface area contributed by atoms with Crippen LogP contribution >= 0.6 is 35.0 Å².